The van der Waals surface area contributed by atoms with E-state index in [1.807, 2.05) is 11.9 Å². The molecule has 1 amide bonds. The molecule has 1 saturated carbocycles. The number of nitrogens with zero attached hydrogens (tertiary/aromatic N) is 1. The Hall–Kier alpha value is -0.610. The Labute approximate surface area is 78.7 Å². The van der Waals surface area contributed by atoms with Gasteiger partial charge in [-0.2, -0.15) is 0 Å². The first-order valence-corrected chi connectivity index (χ1v) is 4.78. The Morgan fingerprint density at radius 1 is 1.54 bits per heavy atom. The molecular formula is C9H18N2O2. The molecule has 1 fully saturated rings. The van der Waals surface area contributed by atoms with Crippen LogP contribution in [0.4, 0.5) is 0 Å². The molecule has 2 atom stereocenters. The Morgan fingerprint density at radius 2 is 2.15 bits per heavy atom. The molecule has 0 bridgehead atoms. The highest BCUT2D eigenvalue weighted by atomic mass is 16.3. The third kappa shape index (κ3) is 2.97. The number of aliphatic hydroxyl groups excluding tert-OH is 1. The molecule has 0 spiro atoms. The summed E-state index contributed by atoms with van der Waals surface area (Å²) in [7, 11) is 1.84. The predicted molar refractivity (Wildman–Crippen MR) is 50.1 cm³/mol. The maximum absolute atomic E-state index is 10.7. The average Bonchev–Trinajstić information content (AvgIpc) is 2.03. The molecular weight excluding hydrogens is 168 g/mol. The van der Waals surface area contributed by atoms with E-state index in [1.54, 1.807) is 0 Å². The molecule has 0 radical (unpaired) electrons. The number of carbonyl (C=O) groups is 1. The fourth-order valence-electron chi connectivity index (χ4n) is 1.97. The van der Waals surface area contributed by atoms with Gasteiger partial charge in [0.15, 0.2) is 0 Å². The van der Waals surface area contributed by atoms with Crippen LogP contribution in [0.1, 0.15) is 25.7 Å². The van der Waals surface area contributed by atoms with E-state index >= 15 is 0 Å². The van der Waals surface area contributed by atoms with E-state index in [0.29, 0.717) is 0 Å². The zero-order chi connectivity index (χ0) is 9.84. The van der Waals surface area contributed by atoms with Gasteiger partial charge in [0.25, 0.3) is 0 Å². The quantitative estimate of drug-likeness (QED) is 0.636. The van der Waals surface area contributed by atoms with Crippen molar-refractivity contribution in [2.24, 2.45) is 5.73 Å². The van der Waals surface area contributed by atoms with Gasteiger partial charge in [0, 0.05) is 6.04 Å². The van der Waals surface area contributed by atoms with Crippen molar-refractivity contribution in [1.29, 1.82) is 0 Å². The molecule has 0 saturated heterocycles. The van der Waals surface area contributed by atoms with Gasteiger partial charge in [0.05, 0.1) is 12.6 Å². The molecule has 0 aromatic heterocycles. The van der Waals surface area contributed by atoms with Gasteiger partial charge in [-0.1, -0.05) is 12.8 Å². The normalized spacial score (nSPS) is 29.2. The van der Waals surface area contributed by atoms with Crippen LogP contribution in [0.15, 0.2) is 0 Å². The summed E-state index contributed by atoms with van der Waals surface area (Å²) >= 11 is 0. The summed E-state index contributed by atoms with van der Waals surface area (Å²) in [6.07, 6.45) is 3.73. The van der Waals surface area contributed by atoms with Crippen molar-refractivity contribution in [1.82, 2.24) is 4.90 Å². The maximum Gasteiger partial charge on any atom is 0.231 e. The van der Waals surface area contributed by atoms with Gasteiger partial charge in [0.1, 0.15) is 0 Å². The second-order valence-corrected chi connectivity index (χ2v) is 3.80. The number of carbonyl (C=O) groups excluding carboxylic acids is 1. The monoisotopic (exact) mass is 186 g/mol. The molecule has 4 heteroatoms. The topological polar surface area (TPSA) is 66.6 Å². The van der Waals surface area contributed by atoms with Crippen LogP contribution in [-0.4, -0.2) is 41.7 Å². The van der Waals surface area contributed by atoms with Crippen molar-refractivity contribution in [3.8, 4) is 0 Å². The van der Waals surface area contributed by atoms with E-state index in [1.165, 1.54) is 0 Å². The molecule has 13 heavy (non-hydrogen) atoms. The maximum atomic E-state index is 10.7. The molecule has 0 aromatic carbocycles. The van der Waals surface area contributed by atoms with E-state index in [2.05, 4.69) is 0 Å². The number of likely N-dealkylation sites (N-methyl/N-ethyl adjacent to an activating group) is 1. The summed E-state index contributed by atoms with van der Waals surface area (Å²) < 4.78 is 0. The van der Waals surface area contributed by atoms with Crippen molar-refractivity contribution in [3.05, 3.63) is 0 Å². The van der Waals surface area contributed by atoms with Gasteiger partial charge in [-0.25, -0.2) is 0 Å². The summed E-state index contributed by atoms with van der Waals surface area (Å²) in [5.41, 5.74) is 5.08. The molecule has 3 N–H and O–H groups in total. The van der Waals surface area contributed by atoms with Gasteiger partial charge in [-0.05, 0) is 19.9 Å². The van der Waals surface area contributed by atoms with E-state index in [0.717, 1.165) is 25.7 Å². The predicted octanol–water partition coefficient (Wildman–Crippen LogP) is -0.293. The van der Waals surface area contributed by atoms with E-state index in [-0.39, 0.29) is 24.6 Å². The highest BCUT2D eigenvalue weighted by Gasteiger charge is 2.26. The number of nitrogens with two attached hydrogens (primary N) is 1. The van der Waals surface area contributed by atoms with E-state index in [4.69, 9.17) is 5.73 Å². The molecule has 4 nitrogen and oxygen atoms in total. The second kappa shape index (κ2) is 4.58. The highest BCUT2D eigenvalue weighted by molar-refractivity contribution is 5.75. The minimum absolute atomic E-state index is 0.112. The molecule has 1 rings (SSSR count). The summed E-state index contributed by atoms with van der Waals surface area (Å²) in [4.78, 5) is 12.5. The highest BCUT2D eigenvalue weighted by Crippen LogP contribution is 2.21. The summed E-state index contributed by atoms with van der Waals surface area (Å²) in [5, 5.41) is 9.66. The lowest BCUT2D eigenvalue weighted by molar-refractivity contribution is -0.120. The first kappa shape index (κ1) is 10.5. The molecule has 0 aromatic rings. The van der Waals surface area contributed by atoms with Crippen LogP contribution in [0, 0.1) is 0 Å². The Balaban J connectivity index is 2.43. The lowest BCUT2D eigenvalue weighted by Crippen LogP contribution is -2.46. The van der Waals surface area contributed by atoms with Crippen molar-refractivity contribution in [2.75, 3.05) is 13.6 Å². The van der Waals surface area contributed by atoms with Crippen LogP contribution in [-0.2, 0) is 4.79 Å². The molecule has 2 unspecified atom stereocenters. The van der Waals surface area contributed by atoms with Crippen LogP contribution in [0.2, 0.25) is 0 Å². The lowest BCUT2D eigenvalue weighted by Gasteiger charge is -2.34. The van der Waals surface area contributed by atoms with Crippen molar-refractivity contribution in [2.45, 2.75) is 37.8 Å². The summed E-state index contributed by atoms with van der Waals surface area (Å²) in [6.45, 7) is 0.238. The fraction of sp³-hybridized carbons (Fsp3) is 0.889. The second-order valence-electron chi connectivity index (χ2n) is 3.80. The van der Waals surface area contributed by atoms with Crippen LogP contribution in [0.5, 0.6) is 0 Å². The van der Waals surface area contributed by atoms with Crippen LogP contribution in [0.25, 0.3) is 0 Å². The SMILES string of the molecule is CN(CC(N)=O)C1CCCCC1O. The van der Waals surface area contributed by atoms with Crippen LogP contribution < -0.4 is 5.73 Å². The van der Waals surface area contributed by atoms with Crippen molar-refractivity contribution in [3.63, 3.8) is 0 Å². The number of rotatable bonds is 3. The Bertz CT molecular complexity index is 184. The molecule has 1 aliphatic carbocycles. The van der Waals surface area contributed by atoms with Crippen LogP contribution >= 0.6 is 0 Å². The Morgan fingerprint density at radius 3 is 2.69 bits per heavy atom. The number of primary amides is 1. The smallest absolute Gasteiger partial charge is 0.231 e. The standard InChI is InChI=1S/C9H18N2O2/c1-11(6-9(10)13)7-4-2-3-5-8(7)12/h7-8,12H,2-6H2,1H3,(H2,10,13). The third-order valence-electron chi connectivity index (χ3n) is 2.67. The number of hydrogen-bond donors (Lipinski definition) is 2. The third-order valence-corrected chi connectivity index (χ3v) is 2.67. The minimum atomic E-state index is -0.333. The van der Waals surface area contributed by atoms with Gasteiger partial charge in [-0.3, -0.25) is 9.69 Å². The fourth-order valence-corrected chi connectivity index (χ4v) is 1.97. The first-order valence-electron chi connectivity index (χ1n) is 4.78. The number of aliphatic hydroxyl groups is 1. The van der Waals surface area contributed by atoms with Crippen LogP contribution in [0.3, 0.4) is 0 Å². The molecule has 0 aliphatic heterocycles. The van der Waals surface area contributed by atoms with E-state index < -0.39 is 0 Å². The largest absolute Gasteiger partial charge is 0.391 e. The van der Waals surface area contributed by atoms with Gasteiger partial charge in [0.2, 0.25) is 5.91 Å². The summed E-state index contributed by atoms with van der Waals surface area (Å²) in [5.74, 6) is -0.333. The molecule has 0 heterocycles. The zero-order valence-corrected chi connectivity index (χ0v) is 8.07. The zero-order valence-electron chi connectivity index (χ0n) is 8.07. The molecule has 1 aliphatic rings. The average molecular weight is 186 g/mol. The number of hydrogen-bond acceptors (Lipinski definition) is 3. The first-order chi connectivity index (χ1) is 6.11. The van der Waals surface area contributed by atoms with Gasteiger partial charge < -0.3 is 10.8 Å². The van der Waals surface area contributed by atoms with E-state index in [9.17, 15) is 9.90 Å². The van der Waals surface area contributed by atoms with Crippen molar-refractivity contribution < 1.29 is 9.90 Å². The summed E-state index contributed by atoms with van der Waals surface area (Å²) in [6, 6.07) is 0.112. The van der Waals surface area contributed by atoms with Gasteiger partial charge in [-0.15, -0.1) is 0 Å². The molecule has 76 valence electrons. The lowest BCUT2D eigenvalue weighted by atomic mass is 9.91. The minimum Gasteiger partial charge on any atom is -0.391 e. The van der Waals surface area contributed by atoms with Crippen molar-refractivity contribution >= 4 is 5.91 Å². The Kier molecular flexibility index (Phi) is 3.69. The van der Waals surface area contributed by atoms with Gasteiger partial charge >= 0.3 is 0 Å². The number of amides is 1.